The molecule has 0 saturated carbocycles. The van der Waals surface area contributed by atoms with Crippen molar-refractivity contribution in [1.29, 1.82) is 0 Å². The number of fused-ring (bicyclic) bond motifs is 1. The van der Waals surface area contributed by atoms with Gasteiger partial charge in [0.05, 0.1) is 23.4 Å². The molecule has 2 saturated heterocycles. The first-order chi connectivity index (χ1) is 16.3. The summed E-state index contributed by atoms with van der Waals surface area (Å²) in [6.45, 7) is 2.16. The summed E-state index contributed by atoms with van der Waals surface area (Å²) < 4.78 is 5.50. The fourth-order valence-corrected chi connectivity index (χ4v) is 5.21. The van der Waals surface area contributed by atoms with Gasteiger partial charge in [-0.3, -0.25) is 24.1 Å². The number of imide groups is 1. The number of allylic oxidation sites excluding steroid dienone is 2. The Bertz CT molecular complexity index is 1210. The fraction of sp³-hybridized carbons (Fsp3) is 0.308. The van der Waals surface area contributed by atoms with E-state index in [0.29, 0.717) is 22.8 Å². The van der Waals surface area contributed by atoms with E-state index in [1.54, 1.807) is 48.5 Å². The lowest BCUT2D eigenvalue weighted by molar-refractivity contribution is -0.139. The van der Waals surface area contributed by atoms with E-state index in [0.717, 1.165) is 0 Å². The molecule has 34 heavy (non-hydrogen) atoms. The third kappa shape index (κ3) is 3.90. The van der Waals surface area contributed by atoms with Gasteiger partial charge in [-0.2, -0.15) is 0 Å². The molecule has 3 amide bonds. The number of benzene rings is 2. The van der Waals surface area contributed by atoms with Crippen molar-refractivity contribution < 1.29 is 23.9 Å². The summed E-state index contributed by atoms with van der Waals surface area (Å²) in [5, 5.41) is 0.511. The minimum Gasteiger partial charge on any atom is -0.426 e. The molecule has 0 aromatic heterocycles. The Hall–Kier alpha value is -3.45. The van der Waals surface area contributed by atoms with E-state index in [-0.39, 0.29) is 54.2 Å². The zero-order valence-corrected chi connectivity index (χ0v) is 19.3. The number of amides is 3. The van der Waals surface area contributed by atoms with Gasteiger partial charge >= 0.3 is 5.97 Å². The lowest BCUT2D eigenvalue weighted by Crippen LogP contribution is -2.31. The summed E-state index contributed by atoms with van der Waals surface area (Å²) in [7, 11) is 0. The lowest BCUT2D eigenvalue weighted by Gasteiger charge is -2.22. The number of hydrogen-bond acceptors (Lipinski definition) is 5. The van der Waals surface area contributed by atoms with E-state index in [4.69, 9.17) is 16.3 Å². The Kier molecular flexibility index (Phi) is 5.73. The summed E-state index contributed by atoms with van der Waals surface area (Å²) >= 11 is 6.02. The van der Waals surface area contributed by atoms with E-state index in [2.05, 4.69) is 0 Å². The largest absolute Gasteiger partial charge is 0.426 e. The number of carbonyl (C=O) groups excluding carboxylic acids is 4. The molecule has 2 aromatic carbocycles. The highest BCUT2D eigenvalue weighted by Gasteiger charge is 2.50. The summed E-state index contributed by atoms with van der Waals surface area (Å²) in [5.41, 5.74) is 1.10. The van der Waals surface area contributed by atoms with Crippen molar-refractivity contribution in [3.63, 3.8) is 0 Å². The molecule has 0 N–H and O–H groups in total. The van der Waals surface area contributed by atoms with Crippen LogP contribution in [-0.2, 0) is 19.2 Å². The highest BCUT2D eigenvalue weighted by atomic mass is 35.5. The van der Waals surface area contributed by atoms with Gasteiger partial charge in [-0.15, -0.1) is 0 Å². The van der Waals surface area contributed by atoms with Crippen LogP contribution < -0.4 is 14.5 Å². The Morgan fingerprint density at radius 2 is 1.79 bits per heavy atom. The molecule has 3 aliphatic rings. The van der Waals surface area contributed by atoms with Crippen LogP contribution in [0.2, 0.25) is 5.02 Å². The molecule has 0 bridgehead atoms. The maximum absolute atomic E-state index is 12.9. The quantitative estimate of drug-likeness (QED) is 0.287. The van der Waals surface area contributed by atoms with E-state index >= 15 is 0 Å². The number of carbonyl (C=O) groups is 4. The van der Waals surface area contributed by atoms with Crippen LogP contribution >= 0.6 is 11.6 Å². The zero-order chi connectivity index (χ0) is 24.0. The van der Waals surface area contributed by atoms with Crippen LogP contribution in [0.4, 0.5) is 11.4 Å². The summed E-state index contributed by atoms with van der Waals surface area (Å²) in [6, 6.07) is 13.2. The number of hydrogen-bond donors (Lipinski definition) is 0. The number of anilines is 2. The summed E-state index contributed by atoms with van der Waals surface area (Å²) in [4.78, 5) is 53.7. The van der Waals surface area contributed by atoms with Crippen LogP contribution in [0.3, 0.4) is 0 Å². The molecule has 2 heterocycles. The van der Waals surface area contributed by atoms with Crippen molar-refractivity contribution in [3.8, 4) is 5.75 Å². The monoisotopic (exact) mass is 478 g/mol. The van der Waals surface area contributed by atoms with Gasteiger partial charge in [0.25, 0.3) is 0 Å². The molecule has 4 atom stereocenters. The van der Waals surface area contributed by atoms with E-state index in [1.165, 1.54) is 9.80 Å². The van der Waals surface area contributed by atoms with Gasteiger partial charge in [-0.05, 0) is 54.8 Å². The molecule has 0 spiro atoms. The SMILES string of the molecule is C[C@@H]1C=CC[C@@H]2C(=O)N(c3ccc(OC(=O)[C@@H]4CC(=O)N(c5cccc(Cl)c5)C4)cc3)C(=O)[C@@H]12. The van der Waals surface area contributed by atoms with Crippen LogP contribution in [-0.4, -0.2) is 30.2 Å². The van der Waals surface area contributed by atoms with Crippen LogP contribution in [0.15, 0.2) is 60.7 Å². The maximum atomic E-state index is 12.9. The van der Waals surface area contributed by atoms with E-state index in [1.807, 2.05) is 19.1 Å². The number of rotatable bonds is 4. The number of ether oxygens (including phenoxy) is 1. The molecule has 5 rings (SSSR count). The predicted molar refractivity (Wildman–Crippen MR) is 126 cm³/mol. The second-order valence-electron chi connectivity index (χ2n) is 8.97. The number of esters is 1. The topological polar surface area (TPSA) is 84.0 Å². The van der Waals surface area contributed by atoms with Gasteiger partial charge in [0.15, 0.2) is 0 Å². The Morgan fingerprint density at radius 1 is 1.03 bits per heavy atom. The number of nitrogens with zero attached hydrogens (tertiary/aromatic N) is 2. The molecule has 0 unspecified atom stereocenters. The van der Waals surface area contributed by atoms with Gasteiger partial charge in [-0.25, -0.2) is 0 Å². The van der Waals surface area contributed by atoms with Crippen molar-refractivity contribution in [2.45, 2.75) is 19.8 Å². The van der Waals surface area contributed by atoms with Crippen LogP contribution in [0.1, 0.15) is 19.8 Å². The maximum Gasteiger partial charge on any atom is 0.316 e. The third-order valence-electron chi connectivity index (χ3n) is 6.76. The molecule has 1 aliphatic carbocycles. The predicted octanol–water partition coefficient (Wildman–Crippen LogP) is 4.00. The molecule has 0 radical (unpaired) electrons. The fourth-order valence-electron chi connectivity index (χ4n) is 5.02. The van der Waals surface area contributed by atoms with Gasteiger partial charge in [-0.1, -0.05) is 36.7 Å². The molecular weight excluding hydrogens is 456 g/mol. The molecule has 7 nitrogen and oxygen atoms in total. The first kappa shape index (κ1) is 22.3. The Balaban J connectivity index is 1.25. The van der Waals surface area contributed by atoms with Gasteiger partial charge in [0.1, 0.15) is 5.75 Å². The second kappa shape index (κ2) is 8.72. The molecule has 2 fully saturated rings. The van der Waals surface area contributed by atoms with Crippen LogP contribution in [0, 0.1) is 23.7 Å². The molecule has 8 heteroatoms. The Labute approximate surface area is 201 Å². The average molecular weight is 479 g/mol. The first-order valence-electron chi connectivity index (χ1n) is 11.3. The molecular formula is C26H23ClN2O5. The molecule has 2 aromatic rings. The van der Waals surface area contributed by atoms with Crippen molar-refractivity contribution in [2.24, 2.45) is 23.7 Å². The van der Waals surface area contributed by atoms with Crippen molar-refractivity contribution in [1.82, 2.24) is 0 Å². The van der Waals surface area contributed by atoms with Crippen LogP contribution in [0.5, 0.6) is 5.75 Å². The minimum absolute atomic E-state index is 0.0148. The molecule has 174 valence electrons. The summed E-state index contributed by atoms with van der Waals surface area (Å²) in [5.74, 6) is -2.03. The first-order valence-corrected chi connectivity index (χ1v) is 11.6. The van der Waals surface area contributed by atoms with Crippen molar-refractivity contribution >= 4 is 46.7 Å². The van der Waals surface area contributed by atoms with Crippen LogP contribution in [0.25, 0.3) is 0 Å². The van der Waals surface area contributed by atoms with Crippen molar-refractivity contribution in [2.75, 3.05) is 16.3 Å². The number of halogens is 1. The Morgan fingerprint density at radius 3 is 2.50 bits per heavy atom. The van der Waals surface area contributed by atoms with Gasteiger partial charge in [0.2, 0.25) is 17.7 Å². The average Bonchev–Trinajstić information content (AvgIpc) is 3.33. The zero-order valence-electron chi connectivity index (χ0n) is 18.5. The standard InChI is InChI=1S/C26H23ClN2O5/c1-15-4-2-7-21-23(15)25(32)29(24(21)31)18-8-10-20(11-9-18)34-26(33)16-12-22(30)28(14-16)19-6-3-5-17(27)13-19/h2-6,8-11,13,15-16,21,23H,7,12,14H2,1H3/t15-,16-,21+,23+/m1/s1. The minimum atomic E-state index is -0.606. The van der Waals surface area contributed by atoms with Gasteiger partial charge in [0, 0.05) is 23.7 Å². The highest BCUT2D eigenvalue weighted by molar-refractivity contribution is 6.31. The smallest absolute Gasteiger partial charge is 0.316 e. The normalized spacial score (nSPS) is 26.2. The highest BCUT2D eigenvalue weighted by Crippen LogP contribution is 2.40. The molecule has 2 aliphatic heterocycles. The van der Waals surface area contributed by atoms with E-state index in [9.17, 15) is 19.2 Å². The second-order valence-corrected chi connectivity index (χ2v) is 9.40. The third-order valence-corrected chi connectivity index (χ3v) is 7.00. The summed E-state index contributed by atoms with van der Waals surface area (Å²) in [6.07, 6.45) is 4.57. The van der Waals surface area contributed by atoms with Gasteiger partial charge < -0.3 is 9.64 Å². The lowest BCUT2D eigenvalue weighted by atomic mass is 9.78. The van der Waals surface area contributed by atoms with E-state index < -0.39 is 11.9 Å². The van der Waals surface area contributed by atoms with Crippen molar-refractivity contribution in [3.05, 3.63) is 65.7 Å².